The average Bonchev–Trinajstić information content (AvgIpc) is 2.91. The van der Waals surface area contributed by atoms with E-state index in [1.54, 1.807) is 0 Å². The lowest BCUT2D eigenvalue weighted by Gasteiger charge is -2.17. The lowest BCUT2D eigenvalue weighted by molar-refractivity contribution is -0.137. The Kier molecular flexibility index (Phi) is 5.57. The molecule has 1 aliphatic heterocycles. The summed E-state index contributed by atoms with van der Waals surface area (Å²) in [7, 11) is 0. The van der Waals surface area contributed by atoms with Crippen molar-refractivity contribution in [3.8, 4) is 0 Å². The minimum atomic E-state index is -0.801. The topological polar surface area (TPSA) is 66.6 Å². The number of nitrogens with zero attached hydrogens (tertiary/aromatic N) is 1. The first-order valence-corrected chi connectivity index (χ1v) is 7.83. The van der Waals surface area contributed by atoms with Crippen molar-refractivity contribution >= 4 is 21.9 Å². The number of carbonyl (C=O) groups is 1. The monoisotopic (exact) mass is 340 g/mol. The Labute approximate surface area is 128 Å². The van der Waals surface area contributed by atoms with Gasteiger partial charge in [-0.15, -0.1) is 0 Å². The Bertz CT molecular complexity index is 473. The molecule has 0 spiro atoms. The largest absolute Gasteiger partial charge is 0.481 e. The molecule has 1 aliphatic rings. The predicted molar refractivity (Wildman–Crippen MR) is 82.5 cm³/mol. The number of aliphatic carboxylic acids is 1. The quantitative estimate of drug-likeness (QED) is 0.835. The first-order valence-electron chi connectivity index (χ1n) is 7.04. The van der Waals surface area contributed by atoms with Gasteiger partial charge in [-0.25, -0.2) is 0 Å². The number of halogens is 1. The Morgan fingerprint density at radius 2 is 2.10 bits per heavy atom. The molecule has 0 aliphatic carbocycles. The van der Waals surface area contributed by atoms with Gasteiger partial charge in [-0.1, -0.05) is 28.1 Å². The second kappa shape index (κ2) is 7.20. The van der Waals surface area contributed by atoms with E-state index < -0.39 is 5.97 Å². The summed E-state index contributed by atoms with van der Waals surface area (Å²) in [5.41, 5.74) is 8.29. The lowest BCUT2D eigenvalue weighted by Crippen LogP contribution is -2.19. The fourth-order valence-electron chi connectivity index (χ4n) is 2.55. The summed E-state index contributed by atoms with van der Waals surface area (Å²) in [6.45, 7) is 3.31. The van der Waals surface area contributed by atoms with E-state index in [1.165, 1.54) is 31.5 Å². The first-order chi connectivity index (χ1) is 9.56. The van der Waals surface area contributed by atoms with Crippen molar-refractivity contribution in [1.29, 1.82) is 0 Å². The minimum Gasteiger partial charge on any atom is -0.481 e. The average molecular weight is 341 g/mol. The molecule has 3 N–H and O–H groups in total. The number of carboxylic acid groups (broad SMARTS) is 1. The Hall–Kier alpha value is -0.910. The molecule has 0 aromatic heterocycles. The van der Waals surface area contributed by atoms with E-state index in [9.17, 15) is 4.79 Å². The number of rotatable bonds is 6. The molecule has 1 atom stereocenters. The highest BCUT2D eigenvalue weighted by Crippen LogP contribution is 2.25. The first kappa shape index (κ1) is 15.5. The van der Waals surface area contributed by atoms with Gasteiger partial charge < -0.3 is 10.8 Å². The van der Waals surface area contributed by atoms with Crippen LogP contribution in [0, 0.1) is 0 Å². The van der Waals surface area contributed by atoms with E-state index in [0.717, 1.165) is 16.6 Å². The summed E-state index contributed by atoms with van der Waals surface area (Å²) in [6, 6.07) is 5.92. The summed E-state index contributed by atoms with van der Waals surface area (Å²) in [4.78, 5) is 13.0. The Balaban J connectivity index is 1.98. The Morgan fingerprint density at radius 1 is 1.40 bits per heavy atom. The van der Waals surface area contributed by atoms with Gasteiger partial charge in [0.05, 0.1) is 0 Å². The second-order valence-corrected chi connectivity index (χ2v) is 6.23. The van der Waals surface area contributed by atoms with Crippen LogP contribution >= 0.6 is 15.9 Å². The molecule has 1 aromatic carbocycles. The van der Waals surface area contributed by atoms with Crippen LogP contribution in [-0.4, -0.2) is 29.1 Å². The van der Waals surface area contributed by atoms with Gasteiger partial charge in [-0.05, 0) is 49.5 Å². The summed E-state index contributed by atoms with van der Waals surface area (Å²) >= 11 is 3.60. The number of hydrogen-bond donors (Lipinski definition) is 2. The maximum absolute atomic E-state index is 10.6. The maximum Gasteiger partial charge on any atom is 0.303 e. The molecule has 5 heteroatoms. The van der Waals surface area contributed by atoms with Crippen molar-refractivity contribution in [3.05, 3.63) is 33.8 Å². The van der Waals surface area contributed by atoms with Crippen LogP contribution in [0.3, 0.4) is 0 Å². The zero-order valence-corrected chi connectivity index (χ0v) is 13.1. The standard InChI is InChI=1S/C15H21BrN2O2/c16-13-9-11(14(17)5-6-15(19)20)3-4-12(13)10-18-7-1-2-8-18/h3-4,9,14H,1-2,5-8,10,17H2,(H,19,20). The summed E-state index contributed by atoms with van der Waals surface area (Å²) in [5.74, 6) is -0.801. The fourth-order valence-corrected chi connectivity index (χ4v) is 3.07. The van der Waals surface area contributed by atoms with Crippen molar-refractivity contribution < 1.29 is 9.90 Å². The molecule has 2 rings (SSSR count). The molecule has 0 radical (unpaired) electrons. The van der Waals surface area contributed by atoms with E-state index in [-0.39, 0.29) is 12.5 Å². The van der Waals surface area contributed by atoms with Crippen molar-refractivity contribution in [3.63, 3.8) is 0 Å². The van der Waals surface area contributed by atoms with Crippen LogP contribution in [0.25, 0.3) is 0 Å². The molecule has 4 nitrogen and oxygen atoms in total. The van der Waals surface area contributed by atoms with Gasteiger partial charge in [-0.2, -0.15) is 0 Å². The Morgan fingerprint density at radius 3 is 2.70 bits per heavy atom. The number of carboxylic acids is 1. The maximum atomic E-state index is 10.6. The van der Waals surface area contributed by atoms with Gasteiger partial charge in [0, 0.05) is 23.5 Å². The SMILES string of the molecule is NC(CCC(=O)O)c1ccc(CN2CCCC2)c(Br)c1. The molecule has 1 aromatic rings. The van der Waals surface area contributed by atoms with Crippen molar-refractivity contribution in [2.24, 2.45) is 5.73 Å². The van der Waals surface area contributed by atoms with Crippen LogP contribution in [0.5, 0.6) is 0 Å². The van der Waals surface area contributed by atoms with Gasteiger partial charge in [0.2, 0.25) is 0 Å². The minimum absolute atomic E-state index is 0.105. The van der Waals surface area contributed by atoms with Crippen molar-refractivity contribution in [2.45, 2.75) is 38.3 Å². The van der Waals surface area contributed by atoms with Crippen LogP contribution in [0.4, 0.5) is 0 Å². The third-order valence-corrected chi connectivity index (χ3v) is 4.51. The summed E-state index contributed by atoms with van der Waals surface area (Å²) < 4.78 is 1.06. The molecule has 0 amide bonds. The molecule has 1 heterocycles. The van der Waals surface area contributed by atoms with E-state index >= 15 is 0 Å². The highest BCUT2D eigenvalue weighted by Gasteiger charge is 2.15. The van der Waals surface area contributed by atoms with Gasteiger partial charge >= 0.3 is 5.97 Å². The van der Waals surface area contributed by atoms with Crippen molar-refractivity contribution in [1.82, 2.24) is 4.90 Å². The molecule has 20 heavy (non-hydrogen) atoms. The van der Waals surface area contributed by atoms with Crippen molar-refractivity contribution in [2.75, 3.05) is 13.1 Å². The number of likely N-dealkylation sites (tertiary alicyclic amines) is 1. The summed E-state index contributed by atoms with van der Waals surface area (Å²) in [5, 5.41) is 8.70. The van der Waals surface area contributed by atoms with Gasteiger partial charge in [-0.3, -0.25) is 9.69 Å². The highest BCUT2D eigenvalue weighted by molar-refractivity contribution is 9.10. The lowest BCUT2D eigenvalue weighted by atomic mass is 10.0. The van der Waals surface area contributed by atoms with Crippen LogP contribution in [-0.2, 0) is 11.3 Å². The van der Waals surface area contributed by atoms with Gasteiger partial charge in [0.1, 0.15) is 0 Å². The van der Waals surface area contributed by atoms with E-state index in [0.29, 0.717) is 6.42 Å². The zero-order chi connectivity index (χ0) is 14.5. The van der Waals surface area contributed by atoms with Crippen LogP contribution in [0.2, 0.25) is 0 Å². The number of hydrogen-bond acceptors (Lipinski definition) is 3. The van der Waals surface area contributed by atoms with Gasteiger partial charge in [0.15, 0.2) is 0 Å². The zero-order valence-electron chi connectivity index (χ0n) is 11.5. The molecule has 0 bridgehead atoms. The van der Waals surface area contributed by atoms with Crippen LogP contribution in [0.15, 0.2) is 22.7 Å². The normalized spacial score (nSPS) is 17.3. The van der Waals surface area contributed by atoms with E-state index in [4.69, 9.17) is 10.8 Å². The van der Waals surface area contributed by atoms with Crippen LogP contribution < -0.4 is 5.73 Å². The second-order valence-electron chi connectivity index (χ2n) is 5.37. The van der Waals surface area contributed by atoms with Crippen LogP contribution in [0.1, 0.15) is 42.9 Å². The third-order valence-electron chi connectivity index (χ3n) is 3.77. The summed E-state index contributed by atoms with van der Waals surface area (Å²) in [6.07, 6.45) is 3.15. The van der Waals surface area contributed by atoms with E-state index in [1.807, 2.05) is 12.1 Å². The molecule has 0 saturated carbocycles. The molecule has 1 unspecified atom stereocenters. The fraction of sp³-hybridized carbons (Fsp3) is 0.533. The third kappa shape index (κ3) is 4.30. The number of nitrogens with two attached hydrogens (primary N) is 1. The molecular weight excluding hydrogens is 320 g/mol. The molecule has 1 saturated heterocycles. The number of benzene rings is 1. The van der Waals surface area contributed by atoms with E-state index in [2.05, 4.69) is 26.9 Å². The molecule has 110 valence electrons. The highest BCUT2D eigenvalue weighted by atomic mass is 79.9. The van der Waals surface area contributed by atoms with Gasteiger partial charge in [0.25, 0.3) is 0 Å². The molecule has 1 fully saturated rings. The molecular formula is C15H21BrN2O2. The smallest absolute Gasteiger partial charge is 0.303 e. The predicted octanol–water partition coefficient (Wildman–Crippen LogP) is 2.91.